The number of halogens is 2. The number of ether oxygens (including phenoxy) is 2. The van der Waals surface area contributed by atoms with E-state index in [4.69, 9.17) is 44.9 Å². The first-order chi connectivity index (χ1) is 15.5. The fourth-order valence-electron chi connectivity index (χ4n) is 2.73. The third-order valence-electron chi connectivity index (χ3n) is 4.31. The first kappa shape index (κ1) is 23.9. The molecule has 0 aliphatic rings. The van der Waals surface area contributed by atoms with Crippen LogP contribution in [0.2, 0.25) is 10.0 Å². The van der Waals surface area contributed by atoms with Gasteiger partial charge >= 0.3 is 0 Å². The van der Waals surface area contributed by atoms with Gasteiger partial charge in [-0.25, -0.2) is 0 Å². The number of rotatable bonds is 9. The van der Waals surface area contributed by atoms with E-state index in [1.54, 1.807) is 18.2 Å². The van der Waals surface area contributed by atoms with E-state index in [1.807, 2.05) is 54.6 Å². The van der Waals surface area contributed by atoms with Crippen molar-refractivity contribution >= 4 is 52.1 Å². The molecule has 32 heavy (non-hydrogen) atoms. The maximum absolute atomic E-state index is 12.1. The average molecular weight is 489 g/mol. The van der Waals surface area contributed by atoms with Crippen LogP contribution in [0.1, 0.15) is 18.4 Å². The summed E-state index contributed by atoms with van der Waals surface area (Å²) in [7, 11) is 0. The van der Waals surface area contributed by atoms with Crippen molar-refractivity contribution < 1.29 is 14.3 Å². The summed E-state index contributed by atoms with van der Waals surface area (Å²) in [5, 5.41) is 6.85. The first-order valence-corrected chi connectivity index (χ1v) is 11.1. The van der Waals surface area contributed by atoms with Gasteiger partial charge in [0.2, 0.25) is 5.91 Å². The quantitative estimate of drug-likeness (QED) is 0.275. The highest BCUT2D eigenvalue weighted by Crippen LogP contribution is 2.27. The number of anilines is 1. The molecule has 2 N–H and O–H groups in total. The molecule has 3 rings (SSSR count). The fraction of sp³-hybridized carbons (Fsp3) is 0.167. The number of benzene rings is 3. The van der Waals surface area contributed by atoms with Crippen LogP contribution in [0.25, 0.3) is 0 Å². The molecule has 0 aliphatic heterocycles. The highest BCUT2D eigenvalue weighted by molar-refractivity contribution is 7.80. The summed E-state index contributed by atoms with van der Waals surface area (Å²) in [6.45, 7) is 0.843. The summed E-state index contributed by atoms with van der Waals surface area (Å²) in [5.74, 6) is 1.08. The number of carbonyl (C=O) groups is 1. The van der Waals surface area contributed by atoms with E-state index >= 15 is 0 Å². The second-order valence-electron chi connectivity index (χ2n) is 6.83. The Balaban J connectivity index is 1.35. The molecule has 5 nitrogen and oxygen atoms in total. The lowest BCUT2D eigenvalue weighted by Crippen LogP contribution is -2.34. The van der Waals surface area contributed by atoms with Gasteiger partial charge in [-0.05, 0) is 66.7 Å². The Morgan fingerprint density at radius 3 is 2.41 bits per heavy atom. The van der Waals surface area contributed by atoms with Gasteiger partial charge in [0, 0.05) is 17.1 Å². The van der Waals surface area contributed by atoms with Gasteiger partial charge in [0.05, 0.1) is 11.6 Å². The molecule has 0 unspecified atom stereocenters. The van der Waals surface area contributed by atoms with Crippen molar-refractivity contribution in [3.05, 3.63) is 88.4 Å². The monoisotopic (exact) mass is 488 g/mol. The fourth-order valence-corrected chi connectivity index (χ4v) is 3.43. The lowest BCUT2D eigenvalue weighted by atomic mass is 10.2. The molecule has 0 spiro atoms. The number of hydrogen-bond donors (Lipinski definition) is 2. The van der Waals surface area contributed by atoms with Gasteiger partial charge < -0.3 is 20.1 Å². The normalized spacial score (nSPS) is 10.3. The third-order valence-corrected chi connectivity index (χ3v) is 5.05. The molecule has 0 radical (unpaired) electrons. The standard InChI is InChI=1S/C24H22Cl2N2O3S/c25-18-8-13-22(21(26)15-18)30-14-4-7-23(29)28-24(32)27-19-9-11-20(12-10-19)31-16-17-5-2-1-3-6-17/h1-3,5-6,8-13,15H,4,7,14,16H2,(H2,27,28,29,32). The summed E-state index contributed by atoms with van der Waals surface area (Å²) in [5.41, 5.74) is 1.85. The molecule has 1 amide bonds. The van der Waals surface area contributed by atoms with E-state index in [0.29, 0.717) is 35.4 Å². The number of hydrogen-bond acceptors (Lipinski definition) is 4. The van der Waals surface area contributed by atoms with Crippen LogP contribution in [-0.4, -0.2) is 17.6 Å². The molecule has 0 aromatic heterocycles. The van der Waals surface area contributed by atoms with Crippen molar-refractivity contribution in [2.24, 2.45) is 0 Å². The number of nitrogens with one attached hydrogen (secondary N) is 2. The minimum atomic E-state index is -0.198. The van der Waals surface area contributed by atoms with Crippen molar-refractivity contribution in [2.75, 3.05) is 11.9 Å². The lowest BCUT2D eigenvalue weighted by molar-refractivity contribution is -0.119. The highest BCUT2D eigenvalue weighted by atomic mass is 35.5. The Bertz CT molecular complexity index is 1050. The molecule has 3 aromatic carbocycles. The van der Waals surface area contributed by atoms with Crippen molar-refractivity contribution in [3.8, 4) is 11.5 Å². The summed E-state index contributed by atoms with van der Waals surface area (Å²) in [6, 6.07) is 22.3. The largest absolute Gasteiger partial charge is 0.492 e. The summed E-state index contributed by atoms with van der Waals surface area (Å²) in [4.78, 5) is 12.1. The van der Waals surface area contributed by atoms with Gasteiger partial charge in [-0.3, -0.25) is 4.79 Å². The van der Waals surface area contributed by atoms with E-state index in [-0.39, 0.29) is 17.4 Å². The molecule has 8 heteroatoms. The molecular weight excluding hydrogens is 467 g/mol. The van der Waals surface area contributed by atoms with E-state index in [1.165, 1.54) is 0 Å². The van der Waals surface area contributed by atoms with Gasteiger partial charge in [-0.1, -0.05) is 53.5 Å². The summed E-state index contributed by atoms with van der Waals surface area (Å²) >= 11 is 17.1. The van der Waals surface area contributed by atoms with Crippen LogP contribution < -0.4 is 20.1 Å². The molecule has 0 heterocycles. The molecule has 0 saturated carbocycles. The zero-order chi connectivity index (χ0) is 22.8. The van der Waals surface area contributed by atoms with E-state index in [0.717, 1.165) is 17.0 Å². The zero-order valence-corrected chi connectivity index (χ0v) is 19.5. The molecule has 166 valence electrons. The zero-order valence-electron chi connectivity index (χ0n) is 17.1. The number of thiocarbonyl (C=S) groups is 1. The van der Waals surface area contributed by atoms with Crippen molar-refractivity contribution in [1.82, 2.24) is 5.32 Å². The second kappa shape index (κ2) is 12.3. The smallest absolute Gasteiger partial charge is 0.226 e. The summed E-state index contributed by atoms with van der Waals surface area (Å²) in [6.07, 6.45) is 0.778. The Labute approximate surface area is 202 Å². The SMILES string of the molecule is O=C(CCCOc1ccc(Cl)cc1Cl)NC(=S)Nc1ccc(OCc2ccccc2)cc1. The molecular formula is C24H22Cl2N2O3S. The van der Waals surface area contributed by atoms with Gasteiger partial charge in [0.25, 0.3) is 0 Å². The molecule has 0 fully saturated rings. The number of amides is 1. The number of carbonyl (C=O) groups excluding carboxylic acids is 1. The van der Waals surface area contributed by atoms with E-state index < -0.39 is 0 Å². The second-order valence-corrected chi connectivity index (χ2v) is 8.08. The maximum Gasteiger partial charge on any atom is 0.226 e. The minimum Gasteiger partial charge on any atom is -0.492 e. The average Bonchev–Trinajstić information content (AvgIpc) is 2.78. The van der Waals surface area contributed by atoms with E-state index in [2.05, 4.69) is 10.6 Å². The summed E-state index contributed by atoms with van der Waals surface area (Å²) < 4.78 is 11.3. The topological polar surface area (TPSA) is 59.6 Å². The van der Waals surface area contributed by atoms with Gasteiger partial charge in [0.15, 0.2) is 5.11 Å². The molecule has 3 aromatic rings. The Morgan fingerprint density at radius 1 is 0.938 bits per heavy atom. The predicted octanol–water partition coefficient (Wildman–Crippen LogP) is 6.24. The van der Waals surface area contributed by atoms with Crippen molar-refractivity contribution in [3.63, 3.8) is 0 Å². The van der Waals surface area contributed by atoms with Crippen LogP contribution in [0.3, 0.4) is 0 Å². The molecule has 0 aliphatic carbocycles. The van der Waals surface area contributed by atoms with Gasteiger partial charge in [-0.15, -0.1) is 0 Å². The van der Waals surface area contributed by atoms with Crippen LogP contribution in [0.4, 0.5) is 5.69 Å². The van der Waals surface area contributed by atoms with Gasteiger partial charge in [0.1, 0.15) is 18.1 Å². The molecule has 0 atom stereocenters. The Kier molecular flexibility index (Phi) is 9.16. The van der Waals surface area contributed by atoms with Crippen LogP contribution in [0.15, 0.2) is 72.8 Å². The van der Waals surface area contributed by atoms with Crippen molar-refractivity contribution in [2.45, 2.75) is 19.4 Å². The highest BCUT2D eigenvalue weighted by Gasteiger charge is 2.07. The molecule has 0 saturated heterocycles. The van der Waals surface area contributed by atoms with Gasteiger partial charge in [-0.2, -0.15) is 0 Å². The van der Waals surface area contributed by atoms with E-state index in [9.17, 15) is 4.79 Å². The third kappa shape index (κ3) is 8.04. The van der Waals surface area contributed by atoms with Crippen LogP contribution in [0, 0.1) is 0 Å². The van der Waals surface area contributed by atoms with Crippen molar-refractivity contribution in [1.29, 1.82) is 0 Å². The lowest BCUT2D eigenvalue weighted by Gasteiger charge is -2.11. The van der Waals surface area contributed by atoms with Crippen LogP contribution in [-0.2, 0) is 11.4 Å². The predicted molar refractivity (Wildman–Crippen MR) is 133 cm³/mol. The first-order valence-electron chi connectivity index (χ1n) is 9.95. The van der Waals surface area contributed by atoms with Crippen LogP contribution >= 0.6 is 35.4 Å². The Hall–Kier alpha value is -2.80. The van der Waals surface area contributed by atoms with Crippen LogP contribution in [0.5, 0.6) is 11.5 Å². The molecule has 0 bridgehead atoms. The maximum atomic E-state index is 12.1. The minimum absolute atomic E-state index is 0.198. The Morgan fingerprint density at radius 2 is 1.69 bits per heavy atom.